The first-order valence-electron chi connectivity index (χ1n) is 12.3. The maximum absolute atomic E-state index is 10.1. The molecule has 0 saturated carbocycles. The minimum absolute atomic E-state index is 0.184. The Morgan fingerprint density at radius 2 is 2.03 bits per heavy atom. The monoisotopic (exact) mass is 488 g/mol. The fraction of sp³-hybridized carbons (Fsp3) is 0.407. The van der Waals surface area contributed by atoms with Gasteiger partial charge in [-0.3, -0.25) is 0 Å². The first-order valence-corrected chi connectivity index (χ1v) is 12.3. The highest BCUT2D eigenvalue weighted by atomic mass is 16.5. The highest BCUT2D eigenvalue weighted by molar-refractivity contribution is 5.69. The Balaban J connectivity index is 1.67. The van der Waals surface area contributed by atoms with Gasteiger partial charge in [-0.1, -0.05) is 19.1 Å². The smallest absolute Gasteiger partial charge is 0.162 e. The summed E-state index contributed by atoms with van der Waals surface area (Å²) in [4.78, 5) is 16.0. The van der Waals surface area contributed by atoms with Crippen LogP contribution in [-0.2, 0) is 4.74 Å². The van der Waals surface area contributed by atoms with Crippen molar-refractivity contribution in [3.63, 3.8) is 0 Å². The second-order valence-electron chi connectivity index (χ2n) is 8.73. The Morgan fingerprint density at radius 1 is 1.19 bits per heavy atom. The van der Waals surface area contributed by atoms with Crippen LogP contribution in [-0.4, -0.2) is 72.2 Å². The van der Waals surface area contributed by atoms with E-state index in [0.717, 1.165) is 49.5 Å². The largest absolute Gasteiger partial charge is 0.491 e. The number of aromatic nitrogens is 3. The Hall–Kier alpha value is -3.58. The molecule has 1 fully saturated rings. The average molecular weight is 489 g/mol. The summed E-state index contributed by atoms with van der Waals surface area (Å²) < 4.78 is 11.4. The molecule has 1 unspecified atom stereocenters. The molecule has 0 amide bonds. The summed E-state index contributed by atoms with van der Waals surface area (Å²) in [6.45, 7) is 4.90. The molecule has 3 heterocycles. The molecule has 9 heteroatoms. The molecular formula is C27H32N6O3. The number of rotatable bonds is 10. The van der Waals surface area contributed by atoms with Crippen LogP contribution in [0.2, 0.25) is 0 Å². The Kier molecular flexibility index (Phi) is 8.79. The number of anilines is 1. The molecule has 0 radical (unpaired) electrons. The van der Waals surface area contributed by atoms with E-state index in [4.69, 9.17) is 19.4 Å². The first-order chi connectivity index (χ1) is 17.6. The predicted molar refractivity (Wildman–Crippen MR) is 138 cm³/mol. The molecular weight excluding hydrogens is 456 g/mol. The molecule has 36 heavy (non-hydrogen) atoms. The maximum atomic E-state index is 10.1. The van der Waals surface area contributed by atoms with Crippen LogP contribution in [0.3, 0.4) is 0 Å². The predicted octanol–water partition coefficient (Wildman–Crippen LogP) is 3.04. The van der Waals surface area contributed by atoms with Gasteiger partial charge in [0.15, 0.2) is 5.82 Å². The number of nitriles is 1. The van der Waals surface area contributed by atoms with Gasteiger partial charge in [0, 0.05) is 56.2 Å². The van der Waals surface area contributed by atoms with Crippen LogP contribution in [0, 0.1) is 11.3 Å². The van der Waals surface area contributed by atoms with Gasteiger partial charge in [-0.2, -0.15) is 5.26 Å². The molecule has 1 aromatic carbocycles. The van der Waals surface area contributed by atoms with Gasteiger partial charge < -0.3 is 24.8 Å². The number of hydrogen-bond acceptors (Lipinski definition) is 9. The van der Waals surface area contributed by atoms with E-state index in [9.17, 15) is 10.4 Å². The summed E-state index contributed by atoms with van der Waals surface area (Å²) in [6, 6.07) is 15.5. The third-order valence-electron chi connectivity index (χ3n) is 6.15. The quantitative estimate of drug-likeness (QED) is 0.444. The fourth-order valence-corrected chi connectivity index (χ4v) is 4.09. The summed E-state index contributed by atoms with van der Waals surface area (Å²) in [5.41, 5.74) is 2.64. The molecule has 2 aromatic heterocycles. The van der Waals surface area contributed by atoms with Crippen LogP contribution >= 0.6 is 0 Å². The van der Waals surface area contributed by atoms with Crippen molar-refractivity contribution in [1.29, 1.82) is 5.26 Å². The van der Waals surface area contributed by atoms with Crippen molar-refractivity contribution in [3.05, 3.63) is 54.4 Å². The number of hydrogen-bond donors (Lipinski definition) is 2. The standard InChI is InChI=1S/C27H32N6O3/c1-3-29-17-23(34)18-36-24-6-4-5-20(14-24)27-31-25(19-7-10-30-21(13-19)16-28)15-26(32-27)33(2)22-8-11-35-12-9-22/h4-7,10,13-15,22-23,29,34H,3,8-9,11-12,17-18H2,1-2H3. The van der Waals surface area contributed by atoms with Crippen LogP contribution < -0.4 is 15.0 Å². The zero-order valence-corrected chi connectivity index (χ0v) is 20.7. The minimum atomic E-state index is -0.603. The van der Waals surface area contributed by atoms with E-state index in [2.05, 4.69) is 21.3 Å². The van der Waals surface area contributed by atoms with Crippen molar-refractivity contribution in [2.75, 3.05) is 44.9 Å². The Labute approximate surface area is 211 Å². The number of benzene rings is 1. The second-order valence-corrected chi connectivity index (χ2v) is 8.73. The van der Waals surface area contributed by atoms with E-state index in [-0.39, 0.29) is 6.61 Å². The van der Waals surface area contributed by atoms with Crippen molar-refractivity contribution in [3.8, 4) is 34.5 Å². The Morgan fingerprint density at radius 3 is 2.81 bits per heavy atom. The number of aliphatic hydroxyl groups excluding tert-OH is 1. The summed E-state index contributed by atoms with van der Waals surface area (Å²) in [6.07, 6.45) is 2.87. The molecule has 1 aliphatic rings. The average Bonchev–Trinajstić information content (AvgIpc) is 2.95. The normalized spacial score (nSPS) is 14.7. The van der Waals surface area contributed by atoms with E-state index in [1.54, 1.807) is 12.3 Å². The number of likely N-dealkylation sites (N-methyl/N-ethyl adjacent to an activating group) is 1. The van der Waals surface area contributed by atoms with Crippen LogP contribution in [0.25, 0.3) is 22.6 Å². The lowest BCUT2D eigenvalue weighted by Crippen LogP contribution is -2.37. The van der Waals surface area contributed by atoms with E-state index >= 15 is 0 Å². The zero-order chi connectivity index (χ0) is 25.3. The van der Waals surface area contributed by atoms with E-state index in [1.165, 1.54) is 0 Å². The van der Waals surface area contributed by atoms with Crippen LogP contribution in [0.15, 0.2) is 48.7 Å². The van der Waals surface area contributed by atoms with Crippen molar-refractivity contribution < 1.29 is 14.6 Å². The highest BCUT2D eigenvalue weighted by Crippen LogP contribution is 2.29. The number of nitrogens with one attached hydrogen (secondary N) is 1. The van der Waals surface area contributed by atoms with Crippen molar-refractivity contribution in [2.45, 2.75) is 31.9 Å². The second kappa shape index (κ2) is 12.4. The fourth-order valence-electron chi connectivity index (χ4n) is 4.09. The van der Waals surface area contributed by atoms with Gasteiger partial charge in [0.1, 0.15) is 36.0 Å². The lowest BCUT2D eigenvalue weighted by Gasteiger charge is -2.32. The lowest BCUT2D eigenvalue weighted by atomic mass is 10.1. The van der Waals surface area contributed by atoms with Gasteiger partial charge in [0.05, 0.1) is 5.69 Å². The molecule has 0 bridgehead atoms. The van der Waals surface area contributed by atoms with Gasteiger partial charge >= 0.3 is 0 Å². The summed E-state index contributed by atoms with van der Waals surface area (Å²) in [5.74, 6) is 1.98. The summed E-state index contributed by atoms with van der Waals surface area (Å²) in [7, 11) is 2.05. The molecule has 1 saturated heterocycles. The SMILES string of the molecule is CCNCC(O)COc1cccc(-c2nc(-c3ccnc(C#N)c3)cc(N(C)C3CCOCC3)n2)c1. The Bertz CT molecular complexity index is 1190. The van der Waals surface area contributed by atoms with E-state index in [0.29, 0.717) is 35.5 Å². The third-order valence-corrected chi connectivity index (χ3v) is 6.15. The molecule has 4 rings (SSSR count). The van der Waals surface area contributed by atoms with E-state index < -0.39 is 6.10 Å². The van der Waals surface area contributed by atoms with Crippen molar-refractivity contribution in [2.24, 2.45) is 0 Å². The van der Waals surface area contributed by atoms with Gasteiger partial charge in [-0.15, -0.1) is 0 Å². The number of nitrogens with zero attached hydrogens (tertiary/aromatic N) is 5. The number of ether oxygens (including phenoxy) is 2. The molecule has 2 N–H and O–H groups in total. The highest BCUT2D eigenvalue weighted by Gasteiger charge is 2.21. The third kappa shape index (κ3) is 6.55. The van der Waals surface area contributed by atoms with Crippen LogP contribution in [0.5, 0.6) is 5.75 Å². The molecule has 9 nitrogen and oxygen atoms in total. The summed E-state index contributed by atoms with van der Waals surface area (Å²) in [5, 5.41) is 22.5. The first kappa shape index (κ1) is 25.5. The van der Waals surface area contributed by atoms with Crippen molar-refractivity contribution in [1.82, 2.24) is 20.3 Å². The molecule has 0 spiro atoms. The minimum Gasteiger partial charge on any atom is -0.491 e. The molecule has 188 valence electrons. The van der Waals surface area contributed by atoms with Gasteiger partial charge in [0.2, 0.25) is 0 Å². The van der Waals surface area contributed by atoms with Gasteiger partial charge in [-0.05, 0) is 43.7 Å². The molecule has 0 aliphatic carbocycles. The van der Waals surface area contributed by atoms with Crippen LogP contribution in [0.4, 0.5) is 5.82 Å². The maximum Gasteiger partial charge on any atom is 0.162 e. The molecule has 1 atom stereocenters. The number of pyridine rings is 1. The topological polar surface area (TPSA) is 116 Å². The summed E-state index contributed by atoms with van der Waals surface area (Å²) >= 11 is 0. The van der Waals surface area contributed by atoms with Gasteiger partial charge in [-0.25, -0.2) is 15.0 Å². The van der Waals surface area contributed by atoms with Crippen molar-refractivity contribution >= 4 is 5.82 Å². The molecule has 1 aliphatic heterocycles. The van der Waals surface area contributed by atoms with E-state index in [1.807, 2.05) is 50.4 Å². The lowest BCUT2D eigenvalue weighted by molar-refractivity contribution is 0.0853. The zero-order valence-electron chi connectivity index (χ0n) is 20.7. The van der Waals surface area contributed by atoms with Crippen LogP contribution in [0.1, 0.15) is 25.5 Å². The van der Waals surface area contributed by atoms with Gasteiger partial charge in [0.25, 0.3) is 0 Å². The number of aliphatic hydroxyl groups is 1. The molecule has 3 aromatic rings.